The second-order valence-corrected chi connectivity index (χ2v) is 6.21. The predicted molar refractivity (Wildman–Crippen MR) is 82.1 cm³/mol. The van der Waals surface area contributed by atoms with Crippen molar-refractivity contribution >= 4 is 0 Å². The van der Waals surface area contributed by atoms with Gasteiger partial charge < -0.3 is 0 Å². The third kappa shape index (κ3) is 4.97. The number of hydrogen-bond acceptors (Lipinski definition) is 1. The van der Waals surface area contributed by atoms with Crippen molar-refractivity contribution < 1.29 is 0 Å². The van der Waals surface area contributed by atoms with Gasteiger partial charge in [-0.25, -0.2) is 0 Å². The smallest absolute Gasteiger partial charge is 0.0270 e. The van der Waals surface area contributed by atoms with Gasteiger partial charge in [0.25, 0.3) is 0 Å². The third-order valence-corrected chi connectivity index (χ3v) is 4.74. The summed E-state index contributed by atoms with van der Waals surface area (Å²) in [6, 6.07) is 4.40. The highest BCUT2D eigenvalue weighted by atomic mass is 14.6. The van der Waals surface area contributed by atoms with Gasteiger partial charge in [-0.3, -0.25) is 4.98 Å². The lowest BCUT2D eigenvalue weighted by molar-refractivity contribution is 0.306. The molecule has 0 aromatic carbocycles. The van der Waals surface area contributed by atoms with E-state index in [0.717, 1.165) is 11.8 Å². The summed E-state index contributed by atoms with van der Waals surface area (Å²) in [6.45, 7) is 2.30. The van der Waals surface area contributed by atoms with Crippen LogP contribution in [0, 0.1) is 11.8 Å². The monoisotopic (exact) mass is 259 g/mol. The maximum absolute atomic E-state index is 4.14. The molecular formula is C18H29N. The van der Waals surface area contributed by atoms with E-state index in [-0.39, 0.29) is 0 Å². The average molecular weight is 259 g/mol. The van der Waals surface area contributed by atoms with E-state index in [1.165, 1.54) is 69.8 Å². The number of hydrogen-bond donors (Lipinski definition) is 0. The van der Waals surface area contributed by atoms with Gasteiger partial charge in [0.1, 0.15) is 0 Å². The summed E-state index contributed by atoms with van der Waals surface area (Å²) in [5.41, 5.74) is 1.49. The molecule has 1 aliphatic rings. The fraction of sp³-hybridized carbons (Fsp3) is 0.722. The van der Waals surface area contributed by atoms with E-state index >= 15 is 0 Å². The van der Waals surface area contributed by atoms with E-state index in [9.17, 15) is 0 Å². The van der Waals surface area contributed by atoms with Crippen molar-refractivity contribution in [2.45, 2.75) is 71.1 Å². The van der Waals surface area contributed by atoms with E-state index in [4.69, 9.17) is 0 Å². The first-order valence-electron chi connectivity index (χ1n) is 8.29. The number of unbranched alkanes of at least 4 members (excludes halogenated alkanes) is 3. The highest BCUT2D eigenvalue weighted by Gasteiger charge is 2.24. The normalized spacial score (nSPS) is 17.7. The Hall–Kier alpha value is -0.850. The summed E-state index contributed by atoms with van der Waals surface area (Å²) in [5, 5.41) is 0. The van der Waals surface area contributed by atoms with Gasteiger partial charge in [0.05, 0.1) is 0 Å². The van der Waals surface area contributed by atoms with E-state index in [1.54, 1.807) is 0 Å². The topological polar surface area (TPSA) is 12.9 Å². The zero-order valence-corrected chi connectivity index (χ0v) is 12.5. The van der Waals surface area contributed by atoms with Gasteiger partial charge >= 0.3 is 0 Å². The Morgan fingerprint density at radius 2 is 1.84 bits per heavy atom. The number of nitrogens with zero attached hydrogens (tertiary/aromatic N) is 1. The highest BCUT2D eigenvalue weighted by molar-refractivity contribution is 5.10. The minimum absolute atomic E-state index is 0.918. The zero-order valence-electron chi connectivity index (χ0n) is 12.5. The fourth-order valence-corrected chi connectivity index (χ4v) is 3.59. The van der Waals surface area contributed by atoms with Gasteiger partial charge in [0, 0.05) is 12.4 Å². The standard InChI is InChI=1S/C18H29N/c1-2-3-4-5-10-18(17-8-6-7-9-17)15-16-11-13-19-14-12-16/h11-14,17-18H,2-10,15H2,1H3. The quantitative estimate of drug-likeness (QED) is 0.569. The lowest BCUT2D eigenvalue weighted by Crippen LogP contribution is -2.15. The number of pyridine rings is 1. The van der Waals surface area contributed by atoms with Crippen molar-refractivity contribution in [2.75, 3.05) is 0 Å². The molecule has 0 spiro atoms. The molecule has 1 aliphatic carbocycles. The summed E-state index contributed by atoms with van der Waals surface area (Å²) in [4.78, 5) is 4.14. The number of rotatable bonds is 8. The molecule has 0 amide bonds. The van der Waals surface area contributed by atoms with Crippen molar-refractivity contribution in [1.29, 1.82) is 0 Å². The van der Waals surface area contributed by atoms with Gasteiger partial charge in [0.2, 0.25) is 0 Å². The van der Waals surface area contributed by atoms with Crippen LogP contribution in [-0.2, 0) is 6.42 Å². The highest BCUT2D eigenvalue weighted by Crippen LogP contribution is 2.36. The first-order chi connectivity index (χ1) is 9.40. The van der Waals surface area contributed by atoms with E-state index in [1.807, 2.05) is 12.4 Å². The molecule has 1 heterocycles. The molecule has 1 nitrogen and oxygen atoms in total. The first kappa shape index (κ1) is 14.6. The molecule has 1 aromatic heterocycles. The Morgan fingerprint density at radius 3 is 2.53 bits per heavy atom. The van der Waals surface area contributed by atoms with Gasteiger partial charge in [-0.1, -0.05) is 58.3 Å². The minimum Gasteiger partial charge on any atom is -0.265 e. The molecule has 1 unspecified atom stereocenters. The Kier molecular flexibility index (Phi) is 6.39. The molecule has 0 N–H and O–H groups in total. The molecule has 19 heavy (non-hydrogen) atoms. The Bertz CT molecular complexity index is 327. The van der Waals surface area contributed by atoms with Crippen LogP contribution in [0.25, 0.3) is 0 Å². The van der Waals surface area contributed by atoms with Crippen molar-refractivity contribution in [3.05, 3.63) is 30.1 Å². The van der Waals surface area contributed by atoms with E-state index in [2.05, 4.69) is 24.0 Å². The van der Waals surface area contributed by atoms with E-state index < -0.39 is 0 Å². The van der Waals surface area contributed by atoms with Crippen LogP contribution < -0.4 is 0 Å². The van der Waals surface area contributed by atoms with Crippen LogP contribution in [0.3, 0.4) is 0 Å². The van der Waals surface area contributed by atoms with Crippen LogP contribution in [-0.4, -0.2) is 4.98 Å². The number of aromatic nitrogens is 1. The lowest BCUT2D eigenvalue weighted by Gasteiger charge is -2.23. The van der Waals surface area contributed by atoms with Crippen molar-refractivity contribution in [1.82, 2.24) is 4.98 Å². The van der Waals surface area contributed by atoms with Crippen LogP contribution in [0.2, 0.25) is 0 Å². The van der Waals surface area contributed by atoms with E-state index in [0.29, 0.717) is 0 Å². The van der Waals surface area contributed by atoms with Crippen LogP contribution in [0.5, 0.6) is 0 Å². The van der Waals surface area contributed by atoms with Crippen molar-refractivity contribution in [3.8, 4) is 0 Å². The summed E-state index contributed by atoms with van der Waals surface area (Å²) in [6.07, 6.45) is 18.1. The summed E-state index contributed by atoms with van der Waals surface area (Å²) < 4.78 is 0. The summed E-state index contributed by atoms with van der Waals surface area (Å²) >= 11 is 0. The van der Waals surface area contributed by atoms with Crippen LogP contribution >= 0.6 is 0 Å². The zero-order chi connectivity index (χ0) is 13.3. The molecule has 1 heteroatoms. The fourth-order valence-electron chi connectivity index (χ4n) is 3.59. The first-order valence-corrected chi connectivity index (χ1v) is 8.29. The largest absolute Gasteiger partial charge is 0.265 e. The van der Waals surface area contributed by atoms with Crippen molar-refractivity contribution in [3.63, 3.8) is 0 Å². The minimum atomic E-state index is 0.918. The molecule has 0 bridgehead atoms. The van der Waals surface area contributed by atoms with Crippen LogP contribution in [0.4, 0.5) is 0 Å². The molecule has 106 valence electrons. The van der Waals surface area contributed by atoms with Gasteiger partial charge in [-0.15, -0.1) is 0 Å². The summed E-state index contributed by atoms with van der Waals surface area (Å²) in [5.74, 6) is 1.91. The van der Waals surface area contributed by atoms with Crippen LogP contribution in [0.15, 0.2) is 24.5 Å². The Morgan fingerprint density at radius 1 is 1.11 bits per heavy atom. The second kappa shape index (κ2) is 8.35. The maximum Gasteiger partial charge on any atom is 0.0270 e. The predicted octanol–water partition coefficient (Wildman–Crippen LogP) is 5.40. The van der Waals surface area contributed by atoms with Gasteiger partial charge in [-0.05, 0) is 42.4 Å². The van der Waals surface area contributed by atoms with Gasteiger partial charge in [0.15, 0.2) is 0 Å². The SMILES string of the molecule is CCCCCCC(Cc1ccncc1)C1CCCC1. The Labute approximate surface area is 118 Å². The third-order valence-electron chi connectivity index (χ3n) is 4.74. The summed E-state index contributed by atoms with van der Waals surface area (Å²) in [7, 11) is 0. The maximum atomic E-state index is 4.14. The molecule has 1 fully saturated rings. The molecular weight excluding hydrogens is 230 g/mol. The molecule has 1 atom stereocenters. The van der Waals surface area contributed by atoms with Crippen molar-refractivity contribution in [2.24, 2.45) is 11.8 Å². The lowest BCUT2D eigenvalue weighted by atomic mass is 9.82. The van der Waals surface area contributed by atoms with Gasteiger partial charge in [-0.2, -0.15) is 0 Å². The molecule has 0 aliphatic heterocycles. The molecule has 1 aromatic rings. The molecule has 0 saturated heterocycles. The Balaban J connectivity index is 1.86. The second-order valence-electron chi connectivity index (χ2n) is 6.21. The molecule has 2 rings (SSSR count). The molecule has 0 radical (unpaired) electrons. The molecule has 1 saturated carbocycles. The average Bonchev–Trinajstić information content (AvgIpc) is 2.97. The van der Waals surface area contributed by atoms with Crippen LogP contribution in [0.1, 0.15) is 70.3 Å².